The minimum Gasteiger partial charge on any atom is -0.494 e. The van der Waals surface area contributed by atoms with E-state index in [9.17, 15) is 18.0 Å². The zero-order chi connectivity index (χ0) is 17.3. The lowest BCUT2D eigenvalue weighted by molar-refractivity contribution is -0.274. The fourth-order valence-corrected chi connectivity index (χ4v) is 1.84. The molecule has 0 radical (unpaired) electrons. The average molecular weight is 343 g/mol. The quantitative estimate of drug-likeness (QED) is 0.739. The maximum absolute atomic E-state index is 12.2. The summed E-state index contributed by atoms with van der Waals surface area (Å²) < 4.78 is 49.9. The molecule has 0 spiro atoms. The molecule has 3 aromatic rings. The van der Waals surface area contributed by atoms with E-state index in [2.05, 4.69) is 35.0 Å². The van der Waals surface area contributed by atoms with Crippen LogP contribution in [0.1, 0.15) is 0 Å². The monoisotopic (exact) mass is 343 g/mol. The number of H-pyrrole nitrogens is 1. The molecule has 0 unspecified atom stereocenters. The highest BCUT2D eigenvalue weighted by Crippen LogP contribution is 2.33. The average Bonchev–Trinajstić information content (AvgIpc) is 2.94. The van der Waals surface area contributed by atoms with E-state index in [0.717, 1.165) is 12.1 Å². The van der Waals surface area contributed by atoms with Crippen LogP contribution in [0.3, 0.4) is 0 Å². The summed E-state index contributed by atoms with van der Waals surface area (Å²) in [5.41, 5.74) is -0.323. The molecule has 24 heavy (non-hydrogen) atoms. The number of alkyl halides is 3. The fourth-order valence-electron chi connectivity index (χ4n) is 1.84. The number of anilines is 2. The van der Waals surface area contributed by atoms with Crippen LogP contribution in [0.5, 0.6) is 11.5 Å². The number of hydrogen-bond acceptors (Lipinski definition) is 8. The number of halogens is 3. The lowest BCUT2D eigenvalue weighted by Crippen LogP contribution is -2.17. The molecule has 12 heteroatoms. The Kier molecular flexibility index (Phi) is 3.71. The normalized spacial score (nSPS) is 11.5. The smallest absolute Gasteiger partial charge is 0.494 e. The Balaban J connectivity index is 1.93. The molecule has 0 bridgehead atoms. The number of rotatable bonds is 4. The summed E-state index contributed by atoms with van der Waals surface area (Å²) in [5.74, 6) is -0.625. The molecule has 3 rings (SSSR count). The molecule has 2 N–H and O–H groups in total. The number of ether oxygens (including phenoxy) is 2. The van der Waals surface area contributed by atoms with Crippen molar-refractivity contribution in [2.24, 2.45) is 0 Å². The van der Waals surface area contributed by atoms with Crippen LogP contribution < -0.4 is 20.3 Å². The summed E-state index contributed by atoms with van der Waals surface area (Å²) in [6.45, 7) is 0. The summed E-state index contributed by atoms with van der Waals surface area (Å²) in [6.07, 6.45) is -4.83. The Labute approximate surface area is 130 Å². The summed E-state index contributed by atoms with van der Waals surface area (Å²) in [4.78, 5) is 18.2. The highest BCUT2D eigenvalue weighted by molar-refractivity contribution is 5.70. The maximum Gasteiger partial charge on any atom is 0.573 e. The van der Waals surface area contributed by atoms with Gasteiger partial charge in [0.05, 0.1) is 12.8 Å². The first-order valence-electron chi connectivity index (χ1n) is 6.29. The van der Waals surface area contributed by atoms with Crippen molar-refractivity contribution >= 4 is 22.8 Å². The third-order valence-corrected chi connectivity index (χ3v) is 2.80. The lowest BCUT2D eigenvalue weighted by atomic mass is 10.2. The Hall–Kier alpha value is -3.31. The van der Waals surface area contributed by atoms with Crippen molar-refractivity contribution in [3.05, 3.63) is 28.6 Å². The second-order valence-corrected chi connectivity index (χ2v) is 4.39. The van der Waals surface area contributed by atoms with E-state index >= 15 is 0 Å². The van der Waals surface area contributed by atoms with Gasteiger partial charge in [0, 0.05) is 6.07 Å². The molecule has 0 aliphatic heterocycles. The predicted octanol–water partition coefficient (Wildman–Crippen LogP) is 1.96. The summed E-state index contributed by atoms with van der Waals surface area (Å²) in [7, 11) is 1.25. The molecule has 0 aliphatic carbocycles. The third kappa shape index (κ3) is 3.21. The van der Waals surface area contributed by atoms with Gasteiger partial charge < -0.3 is 14.8 Å². The van der Waals surface area contributed by atoms with Gasteiger partial charge in [-0.2, -0.15) is 4.98 Å². The predicted molar refractivity (Wildman–Crippen MR) is 73.2 cm³/mol. The fraction of sp³-hybridized carbons (Fsp3) is 0.167. The number of fused-ring (bicyclic) bond motifs is 1. The van der Waals surface area contributed by atoms with Crippen LogP contribution in [0, 0.1) is 0 Å². The van der Waals surface area contributed by atoms with Crippen LogP contribution in [-0.4, -0.2) is 33.8 Å². The molecule has 0 amide bonds. The highest BCUT2D eigenvalue weighted by Gasteiger charge is 2.31. The van der Waals surface area contributed by atoms with E-state index in [1.807, 2.05) is 0 Å². The minimum absolute atomic E-state index is 0.0105. The first-order chi connectivity index (χ1) is 11.4. The van der Waals surface area contributed by atoms with Crippen molar-refractivity contribution in [3.8, 4) is 11.5 Å². The lowest BCUT2D eigenvalue weighted by Gasteiger charge is -2.13. The Morgan fingerprint density at radius 1 is 1.29 bits per heavy atom. The molecule has 0 saturated carbocycles. The Morgan fingerprint density at radius 3 is 2.79 bits per heavy atom. The maximum atomic E-state index is 12.2. The Morgan fingerprint density at radius 2 is 2.08 bits per heavy atom. The zero-order valence-corrected chi connectivity index (χ0v) is 11.8. The highest BCUT2D eigenvalue weighted by atomic mass is 19.4. The zero-order valence-electron chi connectivity index (χ0n) is 11.8. The van der Waals surface area contributed by atoms with Crippen LogP contribution in [0.15, 0.2) is 27.6 Å². The van der Waals surface area contributed by atoms with Crippen LogP contribution in [0.4, 0.5) is 24.7 Å². The van der Waals surface area contributed by atoms with Gasteiger partial charge in [-0.1, -0.05) is 0 Å². The standard InChI is InChI=1S/C12H8F3N5O4/c1-22-7-4-5(23-12(13,14)15)2-3-6(7)16-10-11(21)18-9-8(17-10)19-24-20-9/h2-4H,1H3,(H,16,17,19)(H,18,20,21). The van der Waals surface area contributed by atoms with Crippen molar-refractivity contribution in [2.45, 2.75) is 6.36 Å². The molecule has 0 fully saturated rings. The van der Waals surface area contributed by atoms with Gasteiger partial charge in [0.25, 0.3) is 5.56 Å². The number of aromatic amines is 1. The third-order valence-electron chi connectivity index (χ3n) is 2.80. The molecule has 9 nitrogen and oxygen atoms in total. The number of nitrogens with one attached hydrogen (secondary N) is 2. The number of aromatic nitrogens is 4. The second kappa shape index (κ2) is 5.72. The van der Waals surface area contributed by atoms with Crippen molar-refractivity contribution in [3.63, 3.8) is 0 Å². The van der Waals surface area contributed by atoms with Gasteiger partial charge in [-0.25, -0.2) is 4.63 Å². The molecular weight excluding hydrogens is 335 g/mol. The number of benzene rings is 1. The van der Waals surface area contributed by atoms with Crippen molar-refractivity contribution < 1.29 is 27.3 Å². The molecule has 1 aromatic carbocycles. The van der Waals surface area contributed by atoms with Crippen molar-refractivity contribution in [2.75, 3.05) is 12.4 Å². The van der Waals surface area contributed by atoms with Gasteiger partial charge in [0.1, 0.15) is 11.5 Å². The second-order valence-electron chi connectivity index (χ2n) is 4.39. The van der Waals surface area contributed by atoms with E-state index in [1.54, 1.807) is 0 Å². The Bertz CT molecular complexity index is 936. The van der Waals surface area contributed by atoms with Gasteiger partial charge >= 0.3 is 6.36 Å². The van der Waals surface area contributed by atoms with Crippen LogP contribution in [0.2, 0.25) is 0 Å². The first kappa shape index (κ1) is 15.6. The number of methoxy groups -OCH3 is 1. The molecule has 126 valence electrons. The minimum atomic E-state index is -4.83. The SMILES string of the molecule is COc1cc(OC(F)(F)F)ccc1Nc1nc2nonc2[nH]c1=O. The largest absolute Gasteiger partial charge is 0.573 e. The van der Waals surface area contributed by atoms with E-state index < -0.39 is 17.7 Å². The van der Waals surface area contributed by atoms with Gasteiger partial charge in [0.15, 0.2) is 5.82 Å². The van der Waals surface area contributed by atoms with Gasteiger partial charge in [-0.15, -0.1) is 13.2 Å². The molecule has 2 aromatic heterocycles. The molecule has 0 aliphatic rings. The van der Waals surface area contributed by atoms with Gasteiger partial charge in [-0.05, 0) is 22.4 Å². The number of nitrogens with zero attached hydrogens (tertiary/aromatic N) is 3. The topological polar surface area (TPSA) is 115 Å². The molecule has 0 atom stereocenters. The van der Waals surface area contributed by atoms with E-state index in [-0.39, 0.29) is 28.5 Å². The van der Waals surface area contributed by atoms with Gasteiger partial charge in [-0.3, -0.25) is 9.78 Å². The van der Waals surface area contributed by atoms with Crippen LogP contribution in [-0.2, 0) is 0 Å². The van der Waals surface area contributed by atoms with Crippen LogP contribution >= 0.6 is 0 Å². The molecule has 0 saturated heterocycles. The van der Waals surface area contributed by atoms with Crippen LogP contribution in [0.25, 0.3) is 11.3 Å². The first-order valence-corrected chi connectivity index (χ1v) is 6.29. The summed E-state index contributed by atoms with van der Waals surface area (Å²) in [5, 5.41) is 9.54. The number of hydrogen-bond donors (Lipinski definition) is 2. The van der Waals surface area contributed by atoms with E-state index in [0.29, 0.717) is 0 Å². The molecule has 2 heterocycles. The summed E-state index contributed by atoms with van der Waals surface area (Å²) in [6, 6.07) is 3.31. The summed E-state index contributed by atoms with van der Waals surface area (Å²) >= 11 is 0. The van der Waals surface area contributed by atoms with Crippen molar-refractivity contribution in [1.29, 1.82) is 0 Å². The van der Waals surface area contributed by atoms with Gasteiger partial charge in [0.2, 0.25) is 11.3 Å². The molecular formula is C12H8F3N5O4. The van der Waals surface area contributed by atoms with E-state index in [1.165, 1.54) is 13.2 Å². The van der Waals surface area contributed by atoms with E-state index in [4.69, 9.17) is 4.74 Å². The van der Waals surface area contributed by atoms with Crippen molar-refractivity contribution in [1.82, 2.24) is 20.3 Å².